The van der Waals surface area contributed by atoms with Crippen molar-refractivity contribution in [3.8, 4) is 0 Å². The summed E-state index contributed by atoms with van der Waals surface area (Å²) in [7, 11) is 0. The van der Waals surface area contributed by atoms with Crippen LogP contribution >= 0.6 is 0 Å². The number of unbranched alkanes of at least 4 members (excludes halogenated alkanes) is 17. The van der Waals surface area contributed by atoms with E-state index in [9.17, 15) is 14.4 Å². The molecule has 0 aliphatic heterocycles. The molecule has 0 saturated carbocycles. The molecule has 0 fully saturated rings. The first-order valence-electron chi connectivity index (χ1n) is 33.3. The lowest BCUT2D eigenvalue weighted by atomic mass is 10.1. The zero-order chi connectivity index (χ0) is 59.9. The minimum atomic E-state index is -0.819. The highest BCUT2D eigenvalue weighted by atomic mass is 16.6. The van der Waals surface area contributed by atoms with Gasteiger partial charge in [-0.2, -0.15) is 0 Å². The molecular weight excluding hydrogens is 1020 g/mol. The predicted octanol–water partition coefficient (Wildman–Crippen LogP) is 23.2. The molecule has 0 saturated heterocycles. The van der Waals surface area contributed by atoms with Gasteiger partial charge in [-0.1, -0.05) is 267 Å². The van der Waals surface area contributed by atoms with Crippen LogP contribution < -0.4 is 0 Å². The molecule has 0 N–H and O–H groups in total. The highest BCUT2D eigenvalue weighted by Crippen LogP contribution is 2.14. The molecule has 83 heavy (non-hydrogen) atoms. The van der Waals surface area contributed by atoms with Crippen molar-refractivity contribution in [1.82, 2.24) is 0 Å². The molecule has 464 valence electrons. The van der Waals surface area contributed by atoms with Gasteiger partial charge in [0, 0.05) is 19.3 Å². The van der Waals surface area contributed by atoms with Crippen molar-refractivity contribution < 1.29 is 28.6 Å². The summed E-state index contributed by atoms with van der Waals surface area (Å²) >= 11 is 0. The van der Waals surface area contributed by atoms with Crippen LogP contribution in [0.5, 0.6) is 0 Å². The summed E-state index contributed by atoms with van der Waals surface area (Å²) in [4.78, 5) is 38.3. The molecule has 0 bridgehead atoms. The maximum absolute atomic E-state index is 12.9. The molecule has 0 aromatic carbocycles. The van der Waals surface area contributed by atoms with E-state index >= 15 is 0 Å². The van der Waals surface area contributed by atoms with E-state index in [1.54, 1.807) is 0 Å². The summed E-state index contributed by atoms with van der Waals surface area (Å²) in [5.74, 6) is -0.985. The van der Waals surface area contributed by atoms with E-state index in [0.717, 1.165) is 173 Å². The van der Waals surface area contributed by atoms with Gasteiger partial charge in [0.1, 0.15) is 13.2 Å². The number of carbonyl (C=O) groups excluding carboxylic acids is 3. The van der Waals surface area contributed by atoms with Gasteiger partial charge in [-0.15, -0.1) is 0 Å². The van der Waals surface area contributed by atoms with E-state index in [0.29, 0.717) is 19.3 Å². The van der Waals surface area contributed by atoms with Crippen molar-refractivity contribution in [1.29, 1.82) is 0 Å². The minimum Gasteiger partial charge on any atom is -0.462 e. The van der Waals surface area contributed by atoms with E-state index in [2.05, 4.69) is 203 Å². The predicted molar refractivity (Wildman–Crippen MR) is 361 cm³/mol. The molecule has 0 aliphatic rings. The van der Waals surface area contributed by atoms with Gasteiger partial charge < -0.3 is 14.2 Å². The second-order valence-electron chi connectivity index (χ2n) is 21.3. The SMILES string of the molecule is CC/C=C\C/C=C\C/C=C\C/C=C\C/C=C\C/C=C\C/C=C\C/C=C\C/C=C\C/C=C\CCCCC(=O)OCC(COC(=O)CCCCCCC/C=C\C/C=C\CCCCC)OC(=O)CCCCCCCCC/C=C\C/C=C\C/C=C\CC. The number of carbonyl (C=O) groups is 3. The highest BCUT2D eigenvalue weighted by molar-refractivity contribution is 5.71. The van der Waals surface area contributed by atoms with Gasteiger partial charge in [0.2, 0.25) is 0 Å². The normalized spacial score (nSPS) is 13.3. The van der Waals surface area contributed by atoms with Crippen LogP contribution in [0.15, 0.2) is 182 Å². The Hall–Kier alpha value is -5.49. The Morgan fingerprint density at radius 1 is 0.253 bits per heavy atom. The Bertz CT molecular complexity index is 1940. The first kappa shape index (κ1) is 77.5. The lowest BCUT2D eigenvalue weighted by Crippen LogP contribution is -2.30. The first-order chi connectivity index (χ1) is 41.0. The third kappa shape index (κ3) is 67.2. The van der Waals surface area contributed by atoms with Crippen molar-refractivity contribution in [2.75, 3.05) is 13.2 Å². The zero-order valence-corrected chi connectivity index (χ0v) is 53.1. The van der Waals surface area contributed by atoms with Crippen molar-refractivity contribution in [3.05, 3.63) is 182 Å². The monoisotopic (exact) mass is 1140 g/mol. The molecule has 0 aromatic heterocycles. The molecule has 0 aliphatic carbocycles. The maximum atomic E-state index is 12.9. The highest BCUT2D eigenvalue weighted by Gasteiger charge is 2.19. The topological polar surface area (TPSA) is 78.9 Å². The van der Waals surface area contributed by atoms with Gasteiger partial charge in [-0.3, -0.25) is 14.4 Å². The van der Waals surface area contributed by atoms with Gasteiger partial charge in [0.05, 0.1) is 0 Å². The first-order valence-corrected chi connectivity index (χ1v) is 33.3. The standard InChI is InChI=1S/C77H120O6/c1-4-7-10-13-16-19-22-25-28-30-31-32-33-34-35-36-37-38-39-40-41-42-43-44-45-47-49-52-55-58-61-64-67-70-76(79)82-73-74(72-81-75(78)69-66-63-60-57-54-51-48-27-24-21-18-15-12-9-6-3)83-77(80)71-68-65-62-59-56-53-50-46-29-26-23-20-17-14-11-8-5-2/h7-8,10-11,16-21,25-29,31-32,34-35,37-38,40-41,43-44,47-49,55,58,74H,4-6,9,12-15,22-24,30,33,36,39,42,45-46,50-54,56-57,59-73H2,1-3H3/b10-7-,11-8-,19-16-,20-17-,21-18-,28-25-,29-26-,32-31-,35-34-,38-37-,41-40-,44-43-,48-27-,49-47-,58-55-. The number of hydrogen-bond acceptors (Lipinski definition) is 6. The minimum absolute atomic E-state index is 0.111. The lowest BCUT2D eigenvalue weighted by molar-refractivity contribution is -0.167. The number of hydrogen-bond donors (Lipinski definition) is 0. The second-order valence-corrected chi connectivity index (χ2v) is 21.3. The number of rotatable bonds is 58. The summed E-state index contributed by atoms with van der Waals surface area (Å²) in [6, 6.07) is 0. The van der Waals surface area contributed by atoms with Crippen molar-refractivity contribution in [3.63, 3.8) is 0 Å². The average Bonchev–Trinajstić information content (AvgIpc) is 3.49. The van der Waals surface area contributed by atoms with E-state index < -0.39 is 6.10 Å². The van der Waals surface area contributed by atoms with Gasteiger partial charge in [0.15, 0.2) is 6.10 Å². The molecule has 6 heteroatoms. The van der Waals surface area contributed by atoms with Crippen LogP contribution in [-0.4, -0.2) is 37.2 Å². The van der Waals surface area contributed by atoms with Gasteiger partial charge in [0.25, 0.3) is 0 Å². The molecular formula is C77H120O6. The summed E-state index contributed by atoms with van der Waals surface area (Å²) < 4.78 is 16.9. The largest absolute Gasteiger partial charge is 0.462 e. The Morgan fingerprint density at radius 2 is 0.470 bits per heavy atom. The van der Waals surface area contributed by atoms with Crippen molar-refractivity contribution in [2.24, 2.45) is 0 Å². The summed E-state index contributed by atoms with van der Waals surface area (Å²) in [6.07, 6.45) is 103. The lowest BCUT2D eigenvalue weighted by Gasteiger charge is -2.18. The zero-order valence-electron chi connectivity index (χ0n) is 53.1. The molecule has 0 heterocycles. The van der Waals surface area contributed by atoms with Crippen LogP contribution in [0, 0.1) is 0 Å². The number of esters is 3. The fourth-order valence-corrected chi connectivity index (χ4v) is 8.46. The Balaban J connectivity index is 4.45. The fourth-order valence-electron chi connectivity index (χ4n) is 8.46. The van der Waals surface area contributed by atoms with E-state index in [4.69, 9.17) is 14.2 Å². The molecule has 0 amide bonds. The average molecular weight is 1140 g/mol. The molecule has 0 rings (SSSR count). The van der Waals surface area contributed by atoms with Crippen LogP contribution in [-0.2, 0) is 28.6 Å². The molecule has 0 spiro atoms. The van der Waals surface area contributed by atoms with Gasteiger partial charge in [-0.25, -0.2) is 0 Å². The number of ether oxygens (including phenoxy) is 3. The van der Waals surface area contributed by atoms with E-state index in [1.807, 2.05) is 0 Å². The third-order valence-corrected chi connectivity index (χ3v) is 13.4. The van der Waals surface area contributed by atoms with Crippen LogP contribution in [0.4, 0.5) is 0 Å². The van der Waals surface area contributed by atoms with E-state index in [1.165, 1.54) is 44.9 Å². The van der Waals surface area contributed by atoms with Crippen LogP contribution in [0.1, 0.15) is 265 Å². The Labute approximate surface area is 510 Å². The molecule has 6 nitrogen and oxygen atoms in total. The Kier molecular flexibility index (Phi) is 64.4. The van der Waals surface area contributed by atoms with Crippen LogP contribution in [0.3, 0.4) is 0 Å². The fraction of sp³-hybridized carbons (Fsp3) is 0.571. The third-order valence-electron chi connectivity index (χ3n) is 13.4. The smallest absolute Gasteiger partial charge is 0.306 e. The van der Waals surface area contributed by atoms with Crippen molar-refractivity contribution in [2.45, 2.75) is 271 Å². The quantitative estimate of drug-likeness (QED) is 0.0261. The van der Waals surface area contributed by atoms with E-state index in [-0.39, 0.29) is 37.5 Å². The summed E-state index contributed by atoms with van der Waals surface area (Å²) in [5, 5.41) is 0. The summed E-state index contributed by atoms with van der Waals surface area (Å²) in [6.45, 7) is 6.33. The molecule has 1 atom stereocenters. The maximum Gasteiger partial charge on any atom is 0.306 e. The molecule has 0 radical (unpaired) electrons. The number of allylic oxidation sites excluding steroid dienone is 30. The Morgan fingerprint density at radius 3 is 0.759 bits per heavy atom. The van der Waals surface area contributed by atoms with Crippen LogP contribution in [0.2, 0.25) is 0 Å². The molecule has 0 aromatic rings. The summed E-state index contributed by atoms with van der Waals surface area (Å²) in [5.41, 5.74) is 0. The molecule has 1 unspecified atom stereocenters. The van der Waals surface area contributed by atoms with Crippen LogP contribution in [0.25, 0.3) is 0 Å². The van der Waals surface area contributed by atoms with Crippen molar-refractivity contribution >= 4 is 17.9 Å². The second kappa shape index (κ2) is 69.0. The van der Waals surface area contributed by atoms with Gasteiger partial charge >= 0.3 is 17.9 Å². The van der Waals surface area contributed by atoms with Gasteiger partial charge in [-0.05, 0) is 161 Å².